The fourth-order valence-electron chi connectivity index (χ4n) is 5.26. The van der Waals surface area contributed by atoms with Gasteiger partial charge in [-0.25, -0.2) is 9.37 Å². The lowest BCUT2D eigenvalue weighted by Crippen LogP contribution is -2.26. The van der Waals surface area contributed by atoms with Gasteiger partial charge < -0.3 is 21.3 Å². The number of carbonyl (C=O) groups is 1. The molecule has 44 heavy (non-hydrogen) atoms. The Morgan fingerprint density at radius 2 is 1.86 bits per heavy atom. The molecule has 5 aromatic rings. The summed E-state index contributed by atoms with van der Waals surface area (Å²) >= 11 is 0. The zero-order valence-corrected chi connectivity index (χ0v) is 24.5. The number of anilines is 5. The Hall–Kier alpha value is -5.16. The molecule has 224 valence electrons. The van der Waals surface area contributed by atoms with E-state index < -0.39 is 11.4 Å². The van der Waals surface area contributed by atoms with Gasteiger partial charge >= 0.3 is 0 Å². The van der Waals surface area contributed by atoms with Crippen molar-refractivity contribution in [2.75, 3.05) is 29.0 Å². The molecule has 11 heteroatoms. The summed E-state index contributed by atoms with van der Waals surface area (Å²) in [4.78, 5) is 40.3. The Bertz CT molecular complexity index is 1850. The summed E-state index contributed by atoms with van der Waals surface area (Å²) in [5.74, 6) is -0.860. The highest BCUT2D eigenvalue weighted by Gasteiger charge is 2.21. The van der Waals surface area contributed by atoms with E-state index >= 15 is 4.39 Å². The lowest BCUT2D eigenvalue weighted by atomic mass is 9.96. The van der Waals surface area contributed by atoms with E-state index in [0.717, 1.165) is 30.9 Å². The Morgan fingerprint density at radius 1 is 1.05 bits per heavy atom. The number of nitrogens with zero attached hydrogens (tertiary/aromatic N) is 4. The minimum absolute atomic E-state index is 0.127. The molecule has 0 saturated carbocycles. The number of nitrogens with one attached hydrogen (secondary N) is 4. The third-order valence-electron chi connectivity index (χ3n) is 7.56. The number of aromatic nitrogens is 4. The average Bonchev–Trinajstić information content (AvgIpc) is 3.54. The molecule has 1 aliphatic heterocycles. The molecule has 2 aromatic carbocycles. The van der Waals surface area contributed by atoms with Crippen LogP contribution in [-0.4, -0.2) is 44.4 Å². The second kappa shape index (κ2) is 12.6. The second-order valence-electron chi connectivity index (χ2n) is 11.1. The zero-order valence-electron chi connectivity index (χ0n) is 24.5. The average molecular weight is 593 g/mol. The molecule has 1 fully saturated rings. The molecule has 0 bridgehead atoms. The van der Waals surface area contributed by atoms with E-state index in [2.05, 4.69) is 36.2 Å². The first-order chi connectivity index (χ1) is 21.4. The Kier molecular flexibility index (Phi) is 8.29. The molecule has 1 unspecified atom stereocenters. The molecular formula is C33H33FN8O2. The first-order valence-electron chi connectivity index (χ1n) is 14.6. The maximum atomic E-state index is 15.3. The largest absolute Gasteiger partial charge is 0.381 e. The van der Waals surface area contributed by atoms with Gasteiger partial charge in [0.15, 0.2) is 5.78 Å². The minimum Gasteiger partial charge on any atom is -0.381 e. The van der Waals surface area contributed by atoms with E-state index in [-0.39, 0.29) is 41.0 Å². The molecular weight excluding hydrogens is 559 g/mol. The third kappa shape index (κ3) is 6.28. The molecule has 4 heterocycles. The number of fused-ring (bicyclic) bond motifs is 1. The van der Waals surface area contributed by atoms with Crippen molar-refractivity contribution >= 4 is 45.5 Å². The summed E-state index contributed by atoms with van der Waals surface area (Å²) in [6, 6.07) is 17.8. The van der Waals surface area contributed by atoms with Crippen molar-refractivity contribution in [1.82, 2.24) is 24.8 Å². The minimum atomic E-state index is -0.573. The molecule has 0 spiro atoms. The van der Waals surface area contributed by atoms with Crippen molar-refractivity contribution < 1.29 is 9.18 Å². The second-order valence-corrected chi connectivity index (χ2v) is 11.1. The van der Waals surface area contributed by atoms with Crippen molar-refractivity contribution in [2.45, 2.75) is 32.9 Å². The zero-order chi connectivity index (χ0) is 30.6. The van der Waals surface area contributed by atoms with E-state index in [9.17, 15) is 9.59 Å². The topological polar surface area (TPSA) is 126 Å². The first-order valence-corrected chi connectivity index (χ1v) is 14.6. The molecule has 1 saturated heterocycles. The summed E-state index contributed by atoms with van der Waals surface area (Å²) < 4.78 is 16.7. The summed E-state index contributed by atoms with van der Waals surface area (Å²) in [6.45, 7) is 5.26. The molecule has 1 atom stereocenters. The molecule has 1 aliphatic rings. The van der Waals surface area contributed by atoms with Gasteiger partial charge in [0.05, 0.1) is 18.4 Å². The number of hydrogen-bond donors (Lipinski definition) is 4. The predicted octanol–water partition coefficient (Wildman–Crippen LogP) is 5.47. The SMILES string of the molecule is CC(C)C(=O)c1cccc(F)c1Cn1c(=O)c(Nc2cccnc2)cc2cnc(Nc3ccc(NC4CCNC4)cc3)nc21. The number of carbonyl (C=O) groups excluding carboxylic acids is 1. The lowest BCUT2D eigenvalue weighted by molar-refractivity contribution is 0.0937. The number of rotatable bonds is 10. The van der Waals surface area contributed by atoms with Crippen LogP contribution in [0.5, 0.6) is 0 Å². The fourth-order valence-corrected chi connectivity index (χ4v) is 5.26. The van der Waals surface area contributed by atoms with Crippen molar-refractivity contribution in [2.24, 2.45) is 5.92 Å². The van der Waals surface area contributed by atoms with Crippen molar-refractivity contribution in [1.29, 1.82) is 0 Å². The van der Waals surface area contributed by atoms with Crippen LogP contribution in [0.25, 0.3) is 11.0 Å². The highest BCUT2D eigenvalue weighted by atomic mass is 19.1. The van der Waals surface area contributed by atoms with E-state index in [1.807, 2.05) is 24.3 Å². The number of Topliss-reactive ketones (excluding diaryl/α,β-unsaturated/α-hetero) is 1. The van der Waals surface area contributed by atoms with Gasteiger partial charge in [-0.15, -0.1) is 0 Å². The molecule has 0 radical (unpaired) electrons. The van der Waals surface area contributed by atoms with Crippen LogP contribution in [0.4, 0.5) is 33.1 Å². The van der Waals surface area contributed by atoms with E-state index in [1.54, 1.807) is 56.7 Å². The normalized spacial score (nSPS) is 14.6. The van der Waals surface area contributed by atoms with Crippen LogP contribution < -0.4 is 26.8 Å². The van der Waals surface area contributed by atoms with Crippen LogP contribution in [0, 0.1) is 11.7 Å². The number of benzene rings is 2. The van der Waals surface area contributed by atoms with Crippen molar-refractivity contribution in [3.05, 3.63) is 107 Å². The van der Waals surface area contributed by atoms with E-state index in [0.29, 0.717) is 22.8 Å². The third-order valence-corrected chi connectivity index (χ3v) is 7.56. The van der Waals surface area contributed by atoms with Crippen LogP contribution in [0.15, 0.2) is 84.0 Å². The van der Waals surface area contributed by atoms with Gasteiger partial charge in [-0.05, 0) is 61.5 Å². The maximum Gasteiger partial charge on any atom is 0.276 e. The molecule has 3 aromatic heterocycles. The van der Waals surface area contributed by atoms with Gasteiger partial charge in [0.25, 0.3) is 5.56 Å². The van der Waals surface area contributed by atoms with Crippen molar-refractivity contribution in [3.63, 3.8) is 0 Å². The number of pyridine rings is 2. The first kappa shape index (κ1) is 28.9. The van der Waals surface area contributed by atoms with Gasteiger partial charge in [0, 0.05) is 58.8 Å². The fraction of sp³-hybridized carbons (Fsp3) is 0.242. The van der Waals surface area contributed by atoms with Gasteiger partial charge in [0.2, 0.25) is 5.95 Å². The summed E-state index contributed by atoms with van der Waals surface area (Å²) in [5, 5.41) is 13.7. The standard InChI is InChI=1S/C33H33FN8O2/c1-20(2)30(43)26-6-3-7-28(34)27(26)19-42-31-21(15-29(32(42)44)39-24-5-4-13-35-17-24)16-37-33(41-31)40-23-10-8-22(9-11-23)38-25-12-14-36-18-25/h3-11,13,15-17,20,25,36,38-39H,12,14,18-19H2,1-2H3,(H,37,40,41). The summed E-state index contributed by atoms with van der Waals surface area (Å²) in [5.41, 5.74) is 2.85. The number of hydrogen-bond acceptors (Lipinski definition) is 9. The number of halogens is 1. The molecule has 4 N–H and O–H groups in total. The quantitative estimate of drug-likeness (QED) is 0.156. The summed E-state index contributed by atoms with van der Waals surface area (Å²) in [6.07, 6.45) is 5.92. The van der Waals surface area contributed by atoms with Crippen LogP contribution in [0.2, 0.25) is 0 Å². The van der Waals surface area contributed by atoms with Gasteiger partial charge in [-0.2, -0.15) is 4.98 Å². The van der Waals surface area contributed by atoms with Crippen LogP contribution >= 0.6 is 0 Å². The Labute approximate surface area is 253 Å². The number of ketones is 1. The van der Waals surface area contributed by atoms with Crippen molar-refractivity contribution in [3.8, 4) is 0 Å². The van der Waals surface area contributed by atoms with E-state index in [1.165, 1.54) is 16.7 Å². The Balaban J connectivity index is 1.39. The molecule has 10 nitrogen and oxygen atoms in total. The Morgan fingerprint density at radius 3 is 2.59 bits per heavy atom. The van der Waals surface area contributed by atoms with Gasteiger partial charge in [-0.1, -0.05) is 26.0 Å². The van der Waals surface area contributed by atoms with Crippen LogP contribution in [-0.2, 0) is 6.54 Å². The smallest absolute Gasteiger partial charge is 0.276 e. The molecule has 0 amide bonds. The van der Waals surface area contributed by atoms with Gasteiger partial charge in [0.1, 0.15) is 17.2 Å². The van der Waals surface area contributed by atoms with Crippen LogP contribution in [0.1, 0.15) is 36.2 Å². The highest BCUT2D eigenvalue weighted by Crippen LogP contribution is 2.24. The van der Waals surface area contributed by atoms with E-state index in [4.69, 9.17) is 0 Å². The molecule has 6 rings (SSSR count). The maximum absolute atomic E-state index is 15.3. The molecule has 0 aliphatic carbocycles. The lowest BCUT2D eigenvalue weighted by Gasteiger charge is -2.17. The van der Waals surface area contributed by atoms with Crippen LogP contribution in [0.3, 0.4) is 0 Å². The highest BCUT2D eigenvalue weighted by molar-refractivity contribution is 5.98. The predicted molar refractivity (Wildman–Crippen MR) is 171 cm³/mol. The monoisotopic (exact) mass is 592 g/mol. The summed E-state index contributed by atoms with van der Waals surface area (Å²) in [7, 11) is 0. The van der Waals surface area contributed by atoms with Gasteiger partial charge in [-0.3, -0.25) is 19.1 Å².